The highest BCUT2D eigenvalue weighted by Crippen LogP contribution is 2.64. The van der Waals surface area contributed by atoms with Crippen molar-refractivity contribution in [2.24, 2.45) is 17.8 Å². The zero-order valence-corrected chi connectivity index (χ0v) is 18.2. The molecule has 2 unspecified atom stereocenters. The van der Waals surface area contributed by atoms with Gasteiger partial charge in [-0.05, 0) is 55.2 Å². The van der Waals surface area contributed by atoms with Crippen molar-refractivity contribution in [2.45, 2.75) is 42.7 Å². The lowest BCUT2D eigenvalue weighted by atomic mass is 9.66. The highest BCUT2D eigenvalue weighted by atomic mass is 35.5. The van der Waals surface area contributed by atoms with Gasteiger partial charge in [-0.15, -0.1) is 23.5 Å². The molecular formula is C20H25Cl2NOS2. The molecule has 2 nitrogen and oxygen atoms in total. The molecule has 3 fully saturated rings. The SMILES string of the molecule is CN(Cc1ccc(Cl)c(Cl)c1)C(=O)C1CC2CCCC(C1)C21SCCS1. The minimum atomic E-state index is 0.186. The number of rotatable bonds is 3. The Balaban J connectivity index is 1.44. The van der Waals surface area contributed by atoms with Crippen LogP contribution in [0.3, 0.4) is 0 Å². The van der Waals surface area contributed by atoms with Gasteiger partial charge in [0.15, 0.2) is 0 Å². The molecule has 2 bridgehead atoms. The summed E-state index contributed by atoms with van der Waals surface area (Å²) in [6, 6.07) is 5.62. The molecule has 4 rings (SSSR count). The van der Waals surface area contributed by atoms with Crippen LogP contribution in [0.15, 0.2) is 18.2 Å². The van der Waals surface area contributed by atoms with Crippen molar-refractivity contribution in [3.63, 3.8) is 0 Å². The fraction of sp³-hybridized carbons (Fsp3) is 0.650. The summed E-state index contributed by atoms with van der Waals surface area (Å²) in [6.07, 6.45) is 6.09. The molecule has 2 saturated carbocycles. The van der Waals surface area contributed by atoms with Gasteiger partial charge in [0, 0.05) is 31.0 Å². The van der Waals surface area contributed by atoms with E-state index < -0.39 is 0 Å². The zero-order chi connectivity index (χ0) is 18.3. The van der Waals surface area contributed by atoms with Crippen molar-refractivity contribution in [2.75, 3.05) is 18.6 Å². The van der Waals surface area contributed by atoms with Gasteiger partial charge in [0.1, 0.15) is 0 Å². The summed E-state index contributed by atoms with van der Waals surface area (Å²) in [5, 5.41) is 1.11. The van der Waals surface area contributed by atoms with Crippen LogP contribution in [0.25, 0.3) is 0 Å². The Bertz CT molecular complexity index is 676. The molecule has 2 aliphatic carbocycles. The molecule has 0 radical (unpaired) electrons. The van der Waals surface area contributed by atoms with E-state index >= 15 is 0 Å². The standard InChI is InChI=1S/C20H25Cl2NOS2/c1-23(12-13-5-6-17(21)18(22)9-13)19(24)14-10-15-3-2-4-16(11-14)20(15)25-7-8-26-20/h5-6,9,14-16H,2-4,7-8,10-12H2,1H3. The van der Waals surface area contributed by atoms with Crippen LogP contribution in [0.5, 0.6) is 0 Å². The number of hydrogen-bond donors (Lipinski definition) is 0. The first-order chi connectivity index (χ1) is 12.5. The number of amides is 1. The second-order valence-corrected chi connectivity index (χ2v) is 11.7. The minimum Gasteiger partial charge on any atom is -0.341 e. The molecule has 1 saturated heterocycles. The van der Waals surface area contributed by atoms with Gasteiger partial charge in [0.2, 0.25) is 5.91 Å². The van der Waals surface area contributed by atoms with Crippen LogP contribution in [-0.4, -0.2) is 33.4 Å². The predicted molar refractivity (Wildman–Crippen MR) is 114 cm³/mol. The van der Waals surface area contributed by atoms with Gasteiger partial charge in [-0.1, -0.05) is 35.7 Å². The van der Waals surface area contributed by atoms with E-state index in [1.165, 1.54) is 30.8 Å². The smallest absolute Gasteiger partial charge is 0.225 e. The molecule has 1 aliphatic heterocycles. The monoisotopic (exact) mass is 429 g/mol. The molecule has 0 aromatic heterocycles. The van der Waals surface area contributed by atoms with Gasteiger partial charge >= 0.3 is 0 Å². The van der Waals surface area contributed by atoms with Crippen LogP contribution in [0.4, 0.5) is 0 Å². The maximum absolute atomic E-state index is 13.1. The number of halogens is 2. The maximum Gasteiger partial charge on any atom is 0.225 e. The average molecular weight is 430 g/mol. The van der Waals surface area contributed by atoms with E-state index in [0.29, 0.717) is 38.4 Å². The van der Waals surface area contributed by atoms with Crippen LogP contribution in [-0.2, 0) is 11.3 Å². The highest BCUT2D eigenvalue weighted by Gasteiger charge is 2.55. The van der Waals surface area contributed by atoms with Gasteiger partial charge in [-0.2, -0.15) is 0 Å². The van der Waals surface area contributed by atoms with E-state index in [0.717, 1.165) is 18.4 Å². The molecule has 1 spiro atoms. The van der Waals surface area contributed by atoms with Crippen molar-refractivity contribution in [1.82, 2.24) is 4.90 Å². The quantitative estimate of drug-likeness (QED) is 0.591. The lowest BCUT2D eigenvalue weighted by Gasteiger charge is -2.52. The highest BCUT2D eigenvalue weighted by molar-refractivity contribution is 8.21. The molecule has 26 heavy (non-hydrogen) atoms. The molecule has 2 atom stereocenters. The van der Waals surface area contributed by atoms with E-state index in [1.807, 2.05) is 24.1 Å². The van der Waals surface area contributed by atoms with Gasteiger partial charge < -0.3 is 4.90 Å². The number of thioether (sulfide) groups is 2. The van der Waals surface area contributed by atoms with Crippen molar-refractivity contribution in [3.05, 3.63) is 33.8 Å². The molecule has 6 heteroatoms. The summed E-state index contributed by atoms with van der Waals surface area (Å²) >= 11 is 16.5. The fourth-order valence-electron chi connectivity index (χ4n) is 5.11. The number of benzene rings is 1. The van der Waals surface area contributed by atoms with Crippen molar-refractivity contribution in [1.29, 1.82) is 0 Å². The number of carbonyl (C=O) groups is 1. The van der Waals surface area contributed by atoms with Crippen molar-refractivity contribution < 1.29 is 4.79 Å². The molecule has 0 N–H and O–H groups in total. The Labute approximate surface area is 174 Å². The van der Waals surface area contributed by atoms with E-state index in [9.17, 15) is 4.79 Å². The van der Waals surface area contributed by atoms with Crippen LogP contribution in [0.2, 0.25) is 10.0 Å². The van der Waals surface area contributed by atoms with E-state index in [-0.39, 0.29) is 5.92 Å². The predicted octanol–water partition coefficient (Wildman–Crippen LogP) is 5.95. The Hall–Kier alpha value is -0.0300. The summed E-state index contributed by atoms with van der Waals surface area (Å²) in [4.78, 5) is 15.0. The minimum absolute atomic E-state index is 0.186. The summed E-state index contributed by atoms with van der Waals surface area (Å²) in [5.74, 6) is 4.47. The first-order valence-electron chi connectivity index (χ1n) is 9.46. The zero-order valence-electron chi connectivity index (χ0n) is 15.0. The summed E-state index contributed by atoms with van der Waals surface area (Å²) in [6.45, 7) is 0.593. The number of hydrogen-bond acceptors (Lipinski definition) is 3. The topological polar surface area (TPSA) is 20.3 Å². The third-order valence-electron chi connectivity index (χ3n) is 6.25. The Morgan fingerprint density at radius 2 is 1.81 bits per heavy atom. The van der Waals surface area contributed by atoms with Gasteiger partial charge in [-0.25, -0.2) is 0 Å². The van der Waals surface area contributed by atoms with Crippen LogP contribution in [0.1, 0.15) is 37.7 Å². The maximum atomic E-state index is 13.1. The second-order valence-electron chi connectivity index (χ2n) is 7.85. The lowest BCUT2D eigenvalue weighted by molar-refractivity contribution is -0.137. The Kier molecular flexibility index (Phi) is 5.77. The van der Waals surface area contributed by atoms with Gasteiger partial charge in [0.25, 0.3) is 0 Å². The lowest BCUT2D eigenvalue weighted by Crippen LogP contribution is -2.49. The third-order valence-corrected chi connectivity index (χ3v) is 11.0. The number of carbonyl (C=O) groups excluding carboxylic acids is 1. The van der Waals surface area contributed by atoms with Crippen LogP contribution in [0, 0.1) is 17.8 Å². The summed E-state index contributed by atoms with van der Waals surface area (Å²) in [5.41, 5.74) is 1.03. The van der Waals surface area contributed by atoms with E-state index in [4.69, 9.17) is 23.2 Å². The van der Waals surface area contributed by atoms with Gasteiger partial charge in [-0.3, -0.25) is 4.79 Å². The molecule has 1 aromatic rings. The van der Waals surface area contributed by atoms with Gasteiger partial charge in [0.05, 0.1) is 14.1 Å². The average Bonchev–Trinajstić information content (AvgIpc) is 3.07. The summed E-state index contributed by atoms with van der Waals surface area (Å²) < 4.78 is 0.428. The Morgan fingerprint density at radius 1 is 1.15 bits per heavy atom. The number of nitrogens with zero attached hydrogens (tertiary/aromatic N) is 1. The van der Waals surface area contributed by atoms with Crippen LogP contribution < -0.4 is 0 Å². The molecular weight excluding hydrogens is 405 g/mol. The molecule has 142 valence electrons. The normalized spacial score (nSPS) is 29.7. The molecule has 1 amide bonds. The Morgan fingerprint density at radius 3 is 2.42 bits per heavy atom. The van der Waals surface area contributed by atoms with Crippen molar-refractivity contribution in [3.8, 4) is 0 Å². The summed E-state index contributed by atoms with van der Waals surface area (Å²) in [7, 11) is 1.92. The van der Waals surface area contributed by atoms with E-state index in [2.05, 4.69) is 23.5 Å². The second kappa shape index (κ2) is 7.77. The van der Waals surface area contributed by atoms with Crippen molar-refractivity contribution >= 4 is 52.6 Å². The fourth-order valence-corrected chi connectivity index (χ4v) is 9.37. The van der Waals surface area contributed by atoms with Crippen LogP contribution >= 0.6 is 46.7 Å². The third kappa shape index (κ3) is 3.52. The molecule has 1 heterocycles. The molecule has 3 aliphatic rings. The first-order valence-corrected chi connectivity index (χ1v) is 12.2. The van der Waals surface area contributed by atoms with E-state index in [1.54, 1.807) is 6.07 Å². The first kappa shape index (κ1) is 19.3. The molecule has 1 aromatic carbocycles. The largest absolute Gasteiger partial charge is 0.341 e.